The maximum atomic E-state index is 2.45. The summed E-state index contributed by atoms with van der Waals surface area (Å²) in [6.45, 7) is 0. The molecule has 1 aliphatic rings. The lowest BCUT2D eigenvalue weighted by atomic mass is 9.67. The Morgan fingerprint density at radius 3 is 1.42 bits per heavy atom. The van der Waals surface area contributed by atoms with E-state index >= 15 is 0 Å². The van der Waals surface area contributed by atoms with Crippen LogP contribution >= 0.6 is 0 Å². The second-order valence-electron chi connectivity index (χ2n) is 19.2. The minimum atomic E-state index is -0.517. The Bertz CT molecular complexity index is 4120. The lowest BCUT2D eigenvalue weighted by molar-refractivity contribution is 0.768. The molecule has 2 heteroatoms. The Morgan fingerprint density at radius 1 is 0.288 bits per heavy atom. The molecule has 0 spiro atoms. The van der Waals surface area contributed by atoms with Crippen molar-refractivity contribution < 1.29 is 0 Å². The van der Waals surface area contributed by atoms with Crippen molar-refractivity contribution in [3.8, 4) is 50.2 Å². The first kappa shape index (κ1) is 42.4. The van der Waals surface area contributed by atoms with Crippen LogP contribution in [-0.4, -0.2) is 4.57 Å². The highest BCUT2D eigenvalue weighted by atomic mass is 15.1. The Hall–Kier alpha value is -9.50. The van der Waals surface area contributed by atoms with E-state index in [4.69, 9.17) is 0 Å². The molecule has 0 N–H and O–H groups in total. The fraction of sp³-hybridized carbons (Fsp3) is 0.0141. The zero-order chi connectivity index (χ0) is 48.3. The van der Waals surface area contributed by atoms with E-state index in [0.29, 0.717) is 0 Å². The molecule has 342 valence electrons. The number of fused-ring (bicyclic) bond motifs is 8. The summed E-state index contributed by atoms with van der Waals surface area (Å²) in [6.07, 6.45) is 0. The van der Waals surface area contributed by atoms with Gasteiger partial charge in [0.2, 0.25) is 0 Å². The number of para-hydroxylation sites is 1. The first-order chi connectivity index (χ1) is 36.2. The van der Waals surface area contributed by atoms with Crippen molar-refractivity contribution in [3.63, 3.8) is 0 Å². The third kappa shape index (κ3) is 6.87. The van der Waals surface area contributed by atoms with Crippen LogP contribution in [0.1, 0.15) is 22.3 Å². The fourth-order valence-corrected chi connectivity index (χ4v) is 12.0. The zero-order valence-electron chi connectivity index (χ0n) is 40.1. The third-order valence-corrected chi connectivity index (χ3v) is 15.3. The summed E-state index contributed by atoms with van der Waals surface area (Å²) in [5, 5.41) is 5.03. The molecule has 0 unspecified atom stereocenters. The third-order valence-electron chi connectivity index (χ3n) is 15.3. The van der Waals surface area contributed by atoms with Crippen molar-refractivity contribution in [1.82, 2.24) is 4.57 Å². The fourth-order valence-electron chi connectivity index (χ4n) is 12.0. The second kappa shape index (κ2) is 17.4. The monoisotopic (exact) mass is 928 g/mol. The van der Waals surface area contributed by atoms with Crippen LogP contribution in [-0.2, 0) is 5.41 Å². The summed E-state index contributed by atoms with van der Waals surface area (Å²) in [4.78, 5) is 2.42. The van der Waals surface area contributed by atoms with E-state index in [2.05, 4.69) is 301 Å². The van der Waals surface area contributed by atoms with Crippen LogP contribution < -0.4 is 4.90 Å². The van der Waals surface area contributed by atoms with Crippen molar-refractivity contribution in [2.24, 2.45) is 0 Å². The van der Waals surface area contributed by atoms with Gasteiger partial charge in [0.15, 0.2) is 0 Å². The molecule has 13 aromatic rings. The van der Waals surface area contributed by atoms with Gasteiger partial charge in [-0.1, -0.05) is 237 Å². The van der Waals surface area contributed by atoms with Gasteiger partial charge < -0.3 is 9.47 Å². The summed E-state index contributed by atoms with van der Waals surface area (Å²) < 4.78 is 2.44. The molecule has 1 aliphatic carbocycles. The number of aromatic nitrogens is 1. The Kier molecular flexibility index (Phi) is 10.1. The largest absolute Gasteiger partial charge is 0.310 e. The van der Waals surface area contributed by atoms with Gasteiger partial charge in [-0.3, -0.25) is 0 Å². The van der Waals surface area contributed by atoms with Crippen LogP contribution in [0.2, 0.25) is 0 Å². The topological polar surface area (TPSA) is 8.17 Å². The summed E-state index contributed by atoms with van der Waals surface area (Å²) in [6, 6.07) is 107. The molecule has 0 aliphatic heterocycles. The minimum absolute atomic E-state index is 0.517. The molecule has 73 heavy (non-hydrogen) atoms. The molecule has 0 saturated carbocycles. The molecule has 0 bridgehead atoms. The first-order valence-electron chi connectivity index (χ1n) is 25.2. The zero-order valence-corrected chi connectivity index (χ0v) is 40.1. The van der Waals surface area contributed by atoms with Gasteiger partial charge in [0.25, 0.3) is 0 Å². The van der Waals surface area contributed by atoms with Crippen LogP contribution in [0.15, 0.2) is 291 Å². The number of anilines is 3. The standard InChI is InChI=1S/C71H48N2/c1-4-18-49(19-5-1)50-32-39-56(40-33-50)72(59-45-47-64-63-28-14-16-30-67(63)71(68(64)48-59,54-21-6-2-7-22-54)55-23-8-3-9-24-55)57-41-34-52(35-42-57)60-25-12-13-26-61(60)53-36-43-58(44-37-53)73-69-31-17-15-29-65(69)66-46-38-51-20-10-11-27-62(51)70(66)73/h1-48H. The van der Waals surface area contributed by atoms with Gasteiger partial charge in [-0.15, -0.1) is 0 Å². The molecule has 14 rings (SSSR count). The van der Waals surface area contributed by atoms with Gasteiger partial charge in [-0.2, -0.15) is 0 Å². The van der Waals surface area contributed by atoms with E-state index in [9.17, 15) is 0 Å². The highest BCUT2D eigenvalue weighted by Crippen LogP contribution is 2.57. The van der Waals surface area contributed by atoms with E-state index in [1.807, 2.05) is 0 Å². The van der Waals surface area contributed by atoms with E-state index in [0.717, 1.165) is 28.3 Å². The number of benzene rings is 12. The molecule has 0 fully saturated rings. The van der Waals surface area contributed by atoms with Crippen LogP contribution in [0, 0.1) is 0 Å². The maximum absolute atomic E-state index is 2.45. The Labute approximate surface area is 426 Å². The Balaban J connectivity index is 0.878. The molecule has 0 saturated heterocycles. The molecule has 1 heterocycles. The predicted octanol–water partition coefficient (Wildman–Crippen LogP) is 18.8. The smallest absolute Gasteiger partial charge is 0.0714 e. The van der Waals surface area contributed by atoms with Gasteiger partial charge in [0, 0.05) is 38.9 Å². The maximum Gasteiger partial charge on any atom is 0.0714 e. The van der Waals surface area contributed by atoms with Gasteiger partial charge in [0.05, 0.1) is 16.4 Å². The highest BCUT2D eigenvalue weighted by Gasteiger charge is 2.46. The SMILES string of the molecule is c1ccc(-c2ccc(N(c3ccc(-c4ccccc4-c4ccc(-n5c6ccccc6c6ccc7ccccc7c65)cc4)cc3)c3ccc4c(c3)C(c3ccccc3)(c3ccccc3)c3ccccc3-4)cc2)cc1. The van der Waals surface area contributed by atoms with E-state index < -0.39 is 5.41 Å². The van der Waals surface area contributed by atoms with Gasteiger partial charge in [0.1, 0.15) is 0 Å². The lowest BCUT2D eigenvalue weighted by Gasteiger charge is -2.35. The molecule has 0 radical (unpaired) electrons. The van der Waals surface area contributed by atoms with Crippen LogP contribution in [0.5, 0.6) is 0 Å². The van der Waals surface area contributed by atoms with Crippen molar-refractivity contribution >= 4 is 49.6 Å². The number of hydrogen-bond acceptors (Lipinski definition) is 1. The van der Waals surface area contributed by atoms with Crippen LogP contribution in [0.4, 0.5) is 17.1 Å². The molecule has 1 aromatic heterocycles. The number of rotatable bonds is 9. The molecular weight excluding hydrogens is 881 g/mol. The normalized spacial score (nSPS) is 12.5. The second-order valence-corrected chi connectivity index (χ2v) is 19.2. The van der Waals surface area contributed by atoms with Gasteiger partial charge in [-0.05, 0) is 127 Å². The molecule has 12 aromatic carbocycles. The quantitative estimate of drug-likeness (QED) is 0.140. The summed E-state index contributed by atoms with van der Waals surface area (Å²) in [7, 11) is 0. The first-order valence-corrected chi connectivity index (χ1v) is 25.2. The Morgan fingerprint density at radius 2 is 0.767 bits per heavy atom. The predicted molar refractivity (Wildman–Crippen MR) is 307 cm³/mol. The van der Waals surface area contributed by atoms with Gasteiger partial charge in [-0.25, -0.2) is 0 Å². The summed E-state index contributed by atoms with van der Waals surface area (Å²) >= 11 is 0. The van der Waals surface area contributed by atoms with E-state index in [1.54, 1.807) is 0 Å². The summed E-state index contributed by atoms with van der Waals surface area (Å²) in [5.41, 5.74) is 21.1. The van der Waals surface area contributed by atoms with Crippen molar-refractivity contribution in [1.29, 1.82) is 0 Å². The highest BCUT2D eigenvalue weighted by molar-refractivity contribution is 6.18. The minimum Gasteiger partial charge on any atom is -0.310 e. The summed E-state index contributed by atoms with van der Waals surface area (Å²) in [5.74, 6) is 0. The van der Waals surface area contributed by atoms with E-state index in [-0.39, 0.29) is 0 Å². The van der Waals surface area contributed by atoms with Crippen molar-refractivity contribution in [3.05, 3.63) is 313 Å². The van der Waals surface area contributed by atoms with Crippen molar-refractivity contribution in [2.45, 2.75) is 5.41 Å². The number of hydrogen-bond donors (Lipinski definition) is 0. The lowest BCUT2D eigenvalue weighted by Crippen LogP contribution is -2.28. The van der Waals surface area contributed by atoms with Gasteiger partial charge >= 0.3 is 0 Å². The van der Waals surface area contributed by atoms with Crippen molar-refractivity contribution in [2.75, 3.05) is 4.90 Å². The van der Waals surface area contributed by atoms with Crippen LogP contribution in [0.3, 0.4) is 0 Å². The average molecular weight is 929 g/mol. The molecule has 2 nitrogen and oxygen atoms in total. The van der Waals surface area contributed by atoms with E-state index in [1.165, 1.54) is 93.8 Å². The van der Waals surface area contributed by atoms with Crippen LogP contribution in [0.25, 0.3) is 82.8 Å². The molecular formula is C71H48N2. The average Bonchev–Trinajstić information content (AvgIpc) is 3.97. The molecule has 0 amide bonds. The number of nitrogens with zero attached hydrogens (tertiary/aromatic N) is 2. The molecule has 0 atom stereocenters.